The third-order valence-electron chi connectivity index (χ3n) is 6.39. The zero-order chi connectivity index (χ0) is 15.3. The summed E-state index contributed by atoms with van der Waals surface area (Å²) in [4.78, 5) is 12.1. The average molecular weight is 326 g/mol. The third kappa shape index (κ3) is 2.86. The first kappa shape index (κ1) is 14.8. The number of carbonyl (C=O) groups is 1. The van der Waals surface area contributed by atoms with E-state index in [9.17, 15) is 13.2 Å². The highest BCUT2D eigenvalue weighted by molar-refractivity contribution is 7.92. The number of hydrogen-bond acceptors (Lipinski definition) is 3. The van der Waals surface area contributed by atoms with Crippen molar-refractivity contribution >= 4 is 15.9 Å². The molecule has 2 N–H and O–H groups in total. The topological polar surface area (TPSA) is 75.3 Å². The molecule has 1 heterocycles. The fourth-order valence-corrected chi connectivity index (χ4v) is 7.24. The molecule has 5 unspecified atom stereocenters. The molecule has 2 amide bonds. The van der Waals surface area contributed by atoms with Crippen molar-refractivity contribution < 1.29 is 13.2 Å². The minimum Gasteiger partial charge on any atom is -0.338 e. The lowest BCUT2D eigenvalue weighted by atomic mass is 9.70. The van der Waals surface area contributed by atoms with E-state index in [1.807, 2.05) is 0 Å². The molecule has 4 rings (SSSR count). The molecule has 3 saturated carbocycles. The number of urea groups is 1. The van der Waals surface area contributed by atoms with Gasteiger partial charge in [-0.3, -0.25) is 0 Å². The van der Waals surface area contributed by atoms with Gasteiger partial charge in [0.25, 0.3) is 0 Å². The number of nitrogens with one attached hydrogen (secondary N) is 2. The normalized spacial score (nSPS) is 41.9. The van der Waals surface area contributed by atoms with Crippen LogP contribution in [-0.4, -0.2) is 38.5 Å². The minimum absolute atomic E-state index is 0.0584. The first-order chi connectivity index (χ1) is 10.5. The van der Waals surface area contributed by atoms with Crippen molar-refractivity contribution in [2.45, 2.75) is 44.6 Å². The third-order valence-corrected chi connectivity index (χ3v) is 8.35. The number of amides is 2. The summed E-state index contributed by atoms with van der Waals surface area (Å²) in [6, 6.07) is 0.303. The van der Waals surface area contributed by atoms with Crippen LogP contribution in [0.4, 0.5) is 4.79 Å². The van der Waals surface area contributed by atoms with E-state index in [0.717, 1.165) is 30.6 Å². The van der Waals surface area contributed by atoms with Gasteiger partial charge in [-0.15, -0.1) is 0 Å². The molecule has 22 heavy (non-hydrogen) atoms. The van der Waals surface area contributed by atoms with Gasteiger partial charge in [-0.2, -0.15) is 0 Å². The predicted molar refractivity (Wildman–Crippen MR) is 84.1 cm³/mol. The highest BCUT2D eigenvalue weighted by Crippen LogP contribution is 2.55. The molecule has 3 bridgehead atoms. The van der Waals surface area contributed by atoms with Gasteiger partial charge in [-0.1, -0.05) is 0 Å². The van der Waals surface area contributed by atoms with E-state index in [4.69, 9.17) is 0 Å². The van der Waals surface area contributed by atoms with E-state index < -0.39 is 9.84 Å². The number of fused-ring (bicyclic) bond motifs is 2. The van der Waals surface area contributed by atoms with Crippen LogP contribution in [0, 0.1) is 29.6 Å². The Bertz CT molecular complexity index is 548. The summed E-state index contributed by atoms with van der Waals surface area (Å²) in [7, 11) is -2.74. The molecule has 5 atom stereocenters. The van der Waals surface area contributed by atoms with Crippen molar-refractivity contribution in [2.24, 2.45) is 29.6 Å². The van der Waals surface area contributed by atoms with Crippen LogP contribution >= 0.6 is 0 Å². The smallest absolute Gasteiger partial charge is 0.315 e. The van der Waals surface area contributed by atoms with Crippen molar-refractivity contribution in [2.75, 3.05) is 18.1 Å². The molecule has 0 spiro atoms. The van der Waals surface area contributed by atoms with Gasteiger partial charge in [0.05, 0.1) is 11.5 Å². The first-order valence-electron chi connectivity index (χ1n) is 8.73. The predicted octanol–water partition coefficient (Wildman–Crippen LogP) is 1.54. The number of sulfone groups is 1. The van der Waals surface area contributed by atoms with Crippen LogP contribution in [0.25, 0.3) is 0 Å². The summed E-state index contributed by atoms with van der Waals surface area (Å²) in [5.41, 5.74) is 0. The molecule has 5 nitrogen and oxygen atoms in total. The molecule has 0 aromatic rings. The second-order valence-corrected chi connectivity index (χ2v) is 10.2. The Morgan fingerprint density at radius 3 is 2.45 bits per heavy atom. The Morgan fingerprint density at radius 1 is 1.00 bits per heavy atom. The molecule has 0 aromatic carbocycles. The zero-order valence-electron chi connectivity index (χ0n) is 13.0. The van der Waals surface area contributed by atoms with Crippen LogP contribution in [0.15, 0.2) is 0 Å². The van der Waals surface area contributed by atoms with Gasteiger partial charge in [-0.25, -0.2) is 13.2 Å². The maximum atomic E-state index is 12.1. The van der Waals surface area contributed by atoms with Crippen LogP contribution < -0.4 is 10.6 Å². The molecule has 0 aromatic heterocycles. The van der Waals surface area contributed by atoms with E-state index in [2.05, 4.69) is 10.6 Å². The van der Waals surface area contributed by atoms with Gasteiger partial charge in [0.1, 0.15) is 0 Å². The summed E-state index contributed by atoms with van der Waals surface area (Å²) >= 11 is 0. The van der Waals surface area contributed by atoms with Gasteiger partial charge in [0, 0.05) is 12.6 Å². The summed E-state index contributed by atoms with van der Waals surface area (Å²) in [5.74, 6) is 4.13. The van der Waals surface area contributed by atoms with Crippen LogP contribution in [-0.2, 0) is 9.84 Å². The van der Waals surface area contributed by atoms with Crippen LogP contribution in [0.5, 0.6) is 0 Å². The summed E-state index contributed by atoms with van der Waals surface area (Å²) < 4.78 is 22.2. The van der Waals surface area contributed by atoms with Gasteiger partial charge in [-0.05, 0) is 68.1 Å². The van der Waals surface area contributed by atoms with Crippen molar-refractivity contribution in [3.63, 3.8) is 0 Å². The zero-order valence-corrected chi connectivity index (χ0v) is 13.8. The highest BCUT2D eigenvalue weighted by atomic mass is 32.2. The first-order valence-corrected chi connectivity index (χ1v) is 10.6. The molecule has 4 fully saturated rings. The fraction of sp³-hybridized carbons (Fsp3) is 0.938. The second-order valence-electron chi connectivity index (χ2n) is 8.07. The molecule has 3 aliphatic carbocycles. The van der Waals surface area contributed by atoms with Crippen molar-refractivity contribution in [3.05, 3.63) is 0 Å². The van der Waals surface area contributed by atoms with Gasteiger partial charge < -0.3 is 10.6 Å². The van der Waals surface area contributed by atoms with Gasteiger partial charge >= 0.3 is 6.03 Å². The van der Waals surface area contributed by atoms with Crippen molar-refractivity contribution in [3.8, 4) is 0 Å². The van der Waals surface area contributed by atoms with Crippen LogP contribution in [0.1, 0.15) is 38.5 Å². The van der Waals surface area contributed by atoms with Gasteiger partial charge in [0.15, 0.2) is 9.84 Å². The molecule has 1 saturated heterocycles. The largest absolute Gasteiger partial charge is 0.338 e. The lowest BCUT2D eigenvalue weighted by molar-refractivity contribution is 0.139. The Balaban J connectivity index is 1.21. The maximum absolute atomic E-state index is 12.1. The Kier molecular flexibility index (Phi) is 3.62. The van der Waals surface area contributed by atoms with E-state index in [-0.39, 0.29) is 11.9 Å². The van der Waals surface area contributed by atoms with E-state index in [0.29, 0.717) is 30.0 Å². The summed E-state index contributed by atoms with van der Waals surface area (Å²) in [6.07, 6.45) is 7.39. The molecule has 124 valence electrons. The monoisotopic (exact) mass is 326 g/mol. The number of hydrogen-bond donors (Lipinski definition) is 2. The van der Waals surface area contributed by atoms with Crippen LogP contribution in [0.2, 0.25) is 0 Å². The van der Waals surface area contributed by atoms with E-state index >= 15 is 0 Å². The minimum atomic E-state index is -2.74. The molecule has 4 aliphatic rings. The summed E-state index contributed by atoms with van der Waals surface area (Å²) in [5, 5.41) is 6.12. The van der Waals surface area contributed by atoms with Gasteiger partial charge in [0.2, 0.25) is 0 Å². The van der Waals surface area contributed by atoms with Crippen molar-refractivity contribution in [1.82, 2.24) is 10.6 Å². The standard InChI is InChI=1S/C16H26N2O3S/c19-16(17-2-1-10-8-22(20,21)9-10)18-15-7-12-3-11-4-13(5-12)14(15)6-11/h10-15H,1-9H2,(H2,17,18,19). The quantitative estimate of drug-likeness (QED) is 0.823. The van der Waals surface area contributed by atoms with Crippen molar-refractivity contribution in [1.29, 1.82) is 0 Å². The second kappa shape index (κ2) is 5.39. The lowest BCUT2D eigenvalue weighted by Gasteiger charge is -2.39. The fourth-order valence-electron chi connectivity index (χ4n) is 5.57. The Morgan fingerprint density at radius 2 is 1.73 bits per heavy atom. The average Bonchev–Trinajstić information content (AvgIpc) is 2.63. The maximum Gasteiger partial charge on any atom is 0.315 e. The number of carbonyl (C=O) groups excluding carboxylic acids is 1. The number of rotatable bonds is 4. The Labute approximate surface area is 132 Å². The molecule has 1 aliphatic heterocycles. The Hall–Kier alpha value is -0.780. The van der Waals surface area contributed by atoms with E-state index in [1.54, 1.807) is 0 Å². The molecular weight excluding hydrogens is 300 g/mol. The highest BCUT2D eigenvalue weighted by Gasteiger charge is 2.49. The lowest BCUT2D eigenvalue weighted by Crippen LogP contribution is -2.50. The molecular formula is C16H26N2O3S. The SMILES string of the molecule is O=C(NCCC1CS(=O)(=O)C1)NC1CC2CC3CC(C2)C1C3. The summed E-state index contributed by atoms with van der Waals surface area (Å²) in [6.45, 7) is 0.582. The molecule has 0 radical (unpaired) electrons. The molecule has 6 heteroatoms. The van der Waals surface area contributed by atoms with Crippen LogP contribution in [0.3, 0.4) is 0 Å². The van der Waals surface area contributed by atoms with E-state index in [1.165, 1.54) is 25.7 Å².